The number of ether oxygens (including phenoxy) is 2. The third-order valence-electron chi connectivity index (χ3n) is 2.30. The fourth-order valence-electron chi connectivity index (χ4n) is 1.41. The van der Waals surface area contributed by atoms with E-state index in [0.717, 1.165) is 0 Å². The predicted molar refractivity (Wildman–Crippen MR) is 72.4 cm³/mol. The van der Waals surface area contributed by atoms with E-state index in [9.17, 15) is 4.79 Å². The molecule has 1 N–H and O–H groups in total. The van der Waals surface area contributed by atoms with Crippen LogP contribution in [0.3, 0.4) is 0 Å². The van der Waals surface area contributed by atoms with Crippen molar-refractivity contribution < 1.29 is 18.8 Å². The van der Waals surface area contributed by atoms with Crippen molar-refractivity contribution >= 4 is 6.09 Å². The van der Waals surface area contributed by atoms with E-state index in [1.165, 1.54) is 7.11 Å². The number of nitrogens with zero attached hydrogens (tertiary/aromatic N) is 2. The third-order valence-corrected chi connectivity index (χ3v) is 2.30. The molecule has 0 aromatic carbocycles. The van der Waals surface area contributed by atoms with E-state index in [0.29, 0.717) is 11.7 Å². The highest BCUT2D eigenvalue weighted by Gasteiger charge is 2.25. The minimum atomic E-state index is -0.570. The Balaban J connectivity index is 2.75. The summed E-state index contributed by atoms with van der Waals surface area (Å²) in [5.74, 6) is 1.05. The molecule has 0 bridgehead atoms. The molecule has 1 amide bonds. The number of hydrogen-bond acceptors (Lipinski definition) is 6. The molecule has 0 saturated heterocycles. The van der Waals surface area contributed by atoms with E-state index >= 15 is 0 Å². The van der Waals surface area contributed by atoms with Crippen molar-refractivity contribution in [1.82, 2.24) is 15.5 Å². The molecule has 1 unspecified atom stereocenters. The summed E-state index contributed by atoms with van der Waals surface area (Å²) in [5.41, 5.74) is -0.570. The first-order valence-electron chi connectivity index (χ1n) is 6.55. The number of rotatable bonds is 5. The monoisotopic (exact) mass is 285 g/mol. The van der Waals surface area contributed by atoms with Gasteiger partial charge in [0, 0.05) is 13.0 Å². The Labute approximate surface area is 119 Å². The zero-order valence-corrected chi connectivity index (χ0v) is 12.9. The highest BCUT2D eigenvalue weighted by Crippen LogP contribution is 2.16. The van der Waals surface area contributed by atoms with Crippen LogP contribution in [0.5, 0.6) is 0 Å². The van der Waals surface area contributed by atoms with Crippen LogP contribution >= 0.6 is 0 Å². The molecule has 7 heteroatoms. The molecule has 0 spiro atoms. The summed E-state index contributed by atoms with van der Waals surface area (Å²) in [5, 5.41) is 6.53. The van der Waals surface area contributed by atoms with Crippen LogP contribution in [0.25, 0.3) is 0 Å². The van der Waals surface area contributed by atoms with Crippen molar-refractivity contribution in [3.05, 3.63) is 11.7 Å². The van der Waals surface area contributed by atoms with Gasteiger partial charge < -0.3 is 19.3 Å². The Bertz CT molecular complexity index is 437. The van der Waals surface area contributed by atoms with E-state index in [2.05, 4.69) is 15.5 Å². The van der Waals surface area contributed by atoms with E-state index in [-0.39, 0.29) is 12.5 Å². The Hall–Kier alpha value is -1.63. The molecular weight excluding hydrogens is 262 g/mol. The van der Waals surface area contributed by atoms with Crippen molar-refractivity contribution in [3.8, 4) is 0 Å². The van der Waals surface area contributed by atoms with Gasteiger partial charge in [0.05, 0.1) is 6.61 Å². The second kappa shape index (κ2) is 6.69. The molecular formula is C13H23N3O4. The van der Waals surface area contributed by atoms with Crippen molar-refractivity contribution in [2.45, 2.75) is 52.2 Å². The van der Waals surface area contributed by atoms with Gasteiger partial charge >= 0.3 is 6.09 Å². The normalized spacial score (nSPS) is 13.3. The lowest BCUT2D eigenvalue weighted by Gasteiger charge is -2.21. The number of aromatic nitrogens is 2. The fourth-order valence-corrected chi connectivity index (χ4v) is 1.41. The van der Waals surface area contributed by atoms with Crippen LogP contribution in [0.15, 0.2) is 4.52 Å². The summed E-state index contributed by atoms with van der Waals surface area (Å²) in [6, 6.07) is -0.533. The van der Waals surface area contributed by atoms with Crippen molar-refractivity contribution in [1.29, 1.82) is 0 Å². The number of alkyl carbamates (subject to hydrolysis) is 1. The Morgan fingerprint density at radius 3 is 2.50 bits per heavy atom. The highest BCUT2D eigenvalue weighted by atomic mass is 16.6. The summed E-state index contributed by atoms with van der Waals surface area (Å²) in [6.07, 6.45) is -0.552. The zero-order chi connectivity index (χ0) is 15.3. The quantitative estimate of drug-likeness (QED) is 0.894. The van der Waals surface area contributed by atoms with E-state index < -0.39 is 17.7 Å². The molecule has 1 aromatic rings. The summed E-state index contributed by atoms with van der Waals surface area (Å²) in [7, 11) is 1.53. The largest absolute Gasteiger partial charge is 0.444 e. The van der Waals surface area contributed by atoms with E-state index in [1.54, 1.807) is 20.8 Å². The number of amides is 1. The summed E-state index contributed by atoms with van der Waals surface area (Å²) < 4.78 is 15.4. The molecule has 0 aliphatic carbocycles. The van der Waals surface area contributed by atoms with Gasteiger partial charge in [-0.25, -0.2) is 4.79 Å². The molecule has 7 nitrogen and oxygen atoms in total. The van der Waals surface area contributed by atoms with Crippen molar-refractivity contribution in [3.63, 3.8) is 0 Å². The molecule has 0 aliphatic rings. The van der Waals surface area contributed by atoms with Crippen LogP contribution in [0.1, 0.15) is 58.3 Å². The van der Waals surface area contributed by atoms with Crippen molar-refractivity contribution in [2.24, 2.45) is 0 Å². The molecule has 0 radical (unpaired) electrons. The Kier molecular flexibility index (Phi) is 5.50. The molecule has 0 saturated carbocycles. The molecule has 1 aromatic heterocycles. The number of carbonyl (C=O) groups is 1. The second-order valence-electron chi connectivity index (χ2n) is 5.80. The minimum absolute atomic E-state index is 0.150. The van der Waals surface area contributed by atoms with E-state index in [4.69, 9.17) is 14.0 Å². The first kappa shape index (κ1) is 16.4. The first-order chi connectivity index (χ1) is 9.23. The average Bonchev–Trinajstić information content (AvgIpc) is 2.74. The van der Waals surface area contributed by atoms with Gasteiger partial charge in [0.25, 0.3) is 5.89 Å². The molecule has 0 aliphatic heterocycles. The minimum Gasteiger partial charge on any atom is -0.444 e. The number of hydrogen-bond donors (Lipinski definition) is 1. The molecule has 1 heterocycles. The van der Waals surface area contributed by atoms with Gasteiger partial charge in [-0.1, -0.05) is 19.0 Å². The van der Waals surface area contributed by atoms with Gasteiger partial charge in [0.15, 0.2) is 5.82 Å². The summed E-state index contributed by atoms with van der Waals surface area (Å²) in [4.78, 5) is 16.0. The van der Waals surface area contributed by atoms with Gasteiger partial charge in [-0.05, 0) is 20.8 Å². The topological polar surface area (TPSA) is 86.5 Å². The third kappa shape index (κ3) is 5.16. The van der Waals surface area contributed by atoms with Crippen LogP contribution in [0.2, 0.25) is 0 Å². The van der Waals surface area contributed by atoms with Crippen molar-refractivity contribution in [2.75, 3.05) is 13.7 Å². The summed E-state index contributed by atoms with van der Waals surface area (Å²) in [6.45, 7) is 9.52. The Morgan fingerprint density at radius 2 is 2.05 bits per heavy atom. The van der Waals surface area contributed by atoms with Gasteiger partial charge in [-0.3, -0.25) is 0 Å². The fraction of sp³-hybridized carbons (Fsp3) is 0.769. The highest BCUT2D eigenvalue weighted by molar-refractivity contribution is 5.68. The summed E-state index contributed by atoms with van der Waals surface area (Å²) >= 11 is 0. The lowest BCUT2D eigenvalue weighted by atomic mass is 10.2. The molecule has 1 atom stereocenters. The van der Waals surface area contributed by atoms with E-state index in [1.807, 2.05) is 13.8 Å². The van der Waals surface area contributed by atoms with Gasteiger partial charge in [-0.15, -0.1) is 0 Å². The van der Waals surface area contributed by atoms with Crippen LogP contribution in [0.4, 0.5) is 4.79 Å². The average molecular weight is 285 g/mol. The number of carbonyl (C=O) groups excluding carboxylic acids is 1. The molecule has 1 rings (SSSR count). The van der Waals surface area contributed by atoms with Crippen LogP contribution in [0, 0.1) is 0 Å². The molecule has 20 heavy (non-hydrogen) atoms. The van der Waals surface area contributed by atoms with Gasteiger partial charge in [0.1, 0.15) is 11.6 Å². The first-order valence-corrected chi connectivity index (χ1v) is 6.55. The number of methoxy groups -OCH3 is 1. The maximum atomic E-state index is 11.8. The second-order valence-corrected chi connectivity index (χ2v) is 5.80. The maximum Gasteiger partial charge on any atom is 0.408 e. The maximum absolute atomic E-state index is 11.8. The lowest BCUT2D eigenvalue weighted by molar-refractivity contribution is 0.0449. The van der Waals surface area contributed by atoms with Gasteiger partial charge in [-0.2, -0.15) is 4.98 Å². The smallest absolute Gasteiger partial charge is 0.408 e. The van der Waals surface area contributed by atoms with Crippen LogP contribution in [-0.2, 0) is 9.47 Å². The number of nitrogens with one attached hydrogen (secondary N) is 1. The van der Waals surface area contributed by atoms with Crippen LogP contribution in [-0.4, -0.2) is 35.6 Å². The Morgan fingerprint density at radius 1 is 1.40 bits per heavy atom. The molecule has 0 fully saturated rings. The zero-order valence-electron chi connectivity index (χ0n) is 12.9. The SMILES string of the molecule is COCC(NC(=O)OC(C)(C)C)c1nc(C(C)C)no1. The van der Waals surface area contributed by atoms with Crippen LogP contribution < -0.4 is 5.32 Å². The standard InChI is InChI=1S/C13H23N3O4/c1-8(2)10-15-11(20-16-10)9(7-18-6)14-12(17)19-13(3,4)5/h8-9H,7H2,1-6H3,(H,14,17). The van der Waals surface area contributed by atoms with Gasteiger partial charge in [0.2, 0.25) is 0 Å². The lowest BCUT2D eigenvalue weighted by Crippen LogP contribution is -2.36. The molecule has 114 valence electrons. The predicted octanol–water partition coefficient (Wildman–Crippen LogP) is 2.41.